The molecule has 1 aromatic carbocycles. The number of nitrogens with two attached hydrogens (primary N) is 1. The Morgan fingerprint density at radius 2 is 1.92 bits per heavy atom. The van der Waals surface area contributed by atoms with E-state index in [2.05, 4.69) is 14.6 Å². The van der Waals surface area contributed by atoms with Crippen LogP contribution in [0.3, 0.4) is 0 Å². The number of hydrogen-bond donors (Lipinski definition) is 2. The summed E-state index contributed by atoms with van der Waals surface area (Å²) in [6, 6.07) is 6.79. The molecule has 26 heavy (non-hydrogen) atoms. The van der Waals surface area contributed by atoms with Crippen molar-refractivity contribution in [2.45, 2.75) is 49.6 Å². The molecule has 0 bridgehead atoms. The monoisotopic (exact) mass is 380 g/mol. The van der Waals surface area contributed by atoms with Gasteiger partial charge in [0.05, 0.1) is 17.5 Å². The van der Waals surface area contributed by atoms with E-state index in [0.717, 1.165) is 44.3 Å². The maximum atomic E-state index is 12.4. The molecule has 2 fully saturated rings. The van der Waals surface area contributed by atoms with Crippen molar-refractivity contribution >= 4 is 16.0 Å². The summed E-state index contributed by atoms with van der Waals surface area (Å²) in [5.41, 5.74) is 6.99. The van der Waals surface area contributed by atoms with Gasteiger partial charge in [-0.1, -0.05) is 12.1 Å². The second-order valence-electron chi connectivity index (χ2n) is 6.85. The Hall–Kier alpha value is -1.64. The standard InChI is InChI=1S/C18H28N4O3S/c19-18(22-10-2-1-3-11-22)20-13-15-6-8-17(9-7-15)26(23,24)21-14-16-5-4-12-25-16/h6-9,16,21H,1-5,10-14H2,(H2,19,20). The van der Waals surface area contributed by atoms with Gasteiger partial charge in [-0.25, -0.2) is 18.1 Å². The first-order valence-electron chi connectivity index (χ1n) is 9.30. The molecule has 7 nitrogen and oxygen atoms in total. The Morgan fingerprint density at radius 1 is 1.19 bits per heavy atom. The fraction of sp³-hybridized carbons (Fsp3) is 0.611. The van der Waals surface area contributed by atoms with Gasteiger partial charge >= 0.3 is 0 Å². The first-order chi connectivity index (χ1) is 12.5. The minimum Gasteiger partial charge on any atom is -0.377 e. The van der Waals surface area contributed by atoms with Crippen LogP contribution >= 0.6 is 0 Å². The molecule has 144 valence electrons. The molecule has 0 saturated carbocycles. The third-order valence-corrected chi connectivity index (χ3v) is 6.30. The minimum absolute atomic E-state index is 0.0175. The van der Waals surface area contributed by atoms with Crippen LogP contribution in [0.1, 0.15) is 37.7 Å². The SMILES string of the molecule is NC(=NCc1ccc(S(=O)(=O)NCC2CCCO2)cc1)N1CCCCC1. The van der Waals surface area contributed by atoms with E-state index < -0.39 is 10.0 Å². The lowest BCUT2D eigenvalue weighted by Gasteiger charge is -2.27. The smallest absolute Gasteiger partial charge is 0.240 e. The molecule has 2 heterocycles. The third-order valence-electron chi connectivity index (χ3n) is 4.86. The van der Waals surface area contributed by atoms with Crippen LogP contribution in [-0.2, 0) is 21.3 Å². The predicted molar refractivity (Wildman–Crippen MR) is 101 cm³/mol. The summed E-state index contributed by atoms with van der Waals surface area (Å²) in [5.74, 6) is 0.569. The van der Waals surface area contributed by atoms with Crippen LogP contribution in [0, 0.1) is 0 Å². The molecular formula is C18H28N4O3S. The lowest BCUT2D eigenvalue weighted by Crippen LogP contribution is -2.40. The number of piperidine rings is 1. The molecule has 2 aliphatic heterocycles. The Kier molecular flexibility index (Phi) is 6.50. The third kappa shape index (κ3) is 5.18. The first kappa shape index (κ1) is 19.1. The van der Waals surface area contributed by atoms with E-state index in [0.29, 0.717) is 25.7 Å². The van der Waals surface area contributed by atoms with Gasteiger partial charge in [0.1, 0.15) is 0 Å². The van der Waals surface area contributed by atoms with Crippen molar-refractivity contribution in [1.29, 1.82) is 0 Å². The quantitative estimate of drug-likeness (QED) is 0.575. The molecule has 1 unspecified atom stereocenters. The lowest BCUT2D eigenvalue weighted by atomic mass is 10.1. The van der Waals surface area contributed by atoms with Gasteiger partial charge < -0.3 is 15.4 Å². The highest BCUT2D eigenvalue weighted by Crippen LogP contribution is 2.15. The van der Waals surface area contributed by atoms with Crippen LogP contribution < -0.4 is 10.5 Å². The van der Waals surface area contributed by atoms with Gasteiger partial charge in [-0.3, -0.25) is 0 Å². The highest BCUT2D eigenvalue weighted by molar-refractivity contribution is 7.89. The molecular weight excluding hydrogens is 352 g/mol. The van der Waals surface area contributed by atoms with E-state index in [4.69, 9.17) is 10.5 Å². The van der Waals surface area contributed by atoms with Gasteiger partial charge in [0, 0.05) is 26.2 Å². The fourth-order valence-corrected chi connectivity index (χ4v) is 4.33. The predicted octanol–water partition coefficient (Wildman–Crippen LogP) is 1.44. The van der Waals surface area contributed by atoms with Gasteiger partial charge in [0.2, 0.25) is 10.0 Å². The number of sulfonamides is 1. The van der Waals surface area contributed by atoms with Crippen LogP contribution in [0.5, 0.6) is 0 Å². The van der Waals surface area contributed by atoms with Crippen molar-refractivity contribution in [3.63, 3.8) is 0 Å². The van der Waals surface area contributed by atoms with Crippen LogP contribution in [-0.4, -0.2) is 51.6 Å². The molecule has 0 radical (unpaired) electrons. The second-order valence-corrected chi connectivity index (χ2v) is 8.62. The number of rotatable bonds is 6. The number of nitrogens with one attached hydrogen (secondary N) is 1. The zero-order valence-corrected chi connectivity index (χ0v) is 15.9. The molecule has 8 heteroatoms. The number of ether oxygens (including phenoxy) is 1. The maximum absolute atomic E-state index is 12.4. The van der Waals surface area contributed by atoms with E-state index in [9.17, 15) is 8.42 Å². The van der Waals surface area contributed by atoms with Crippen molar-refractivity contribution in [3.8, 4) is 0 Å². The Morgan fingerprint density at radius 3 is 2.58 bits per heavy atom. The Bertz CT molecular complexity index is 706. The average Bonchev–Trinajstić information content (AvgIpc) is 3.19. The summed E-state index contributed by atoms with van der Waals surface area (Å²) in [6.07, 6.45) is 5.43. The Balaban J connectivity index is 1.55. The number of likely N-dealkylation sites (tertiary alicyclic amines) is 1. The molecule has 0 aromatic heterocycles. The number of nitrogens with zero attached hydrogens (tertiary/aromatic N) is 2. The van der Waals surface area contributed by atoms with Gasteiger partial charge in [-0.2, -0.15) is 0 Å². The van der Waals surface area contributed by atoms with Gasteiger partial charge in [0.15, 0.2) is 5.96 Å². The lowest BCUT2D eigenvalue weighted by molar-refractivity contribution is 0.114. The van der Waals surface area contributed by atoms with Crippen molar-refractivity contribution in [1.82, 2.24) is 9.62 Å². The van der Waals surface area contributed by atoms with Crippen LogP contribution in [0.2, 0.25) is 0 Å². The van der Waals surface area contributed by atoms with Gasteiger partial charge in [-0.05, 0) is 49.8 Å². The molecule has 2 aliphatic rings. The highest BCUT2D eigenvalue weighted by Gasteiger charge is 2.20. The topological polar surface area (TPSA) is 97.0 Å². The Labute approximate surface area is 155 Å². The van der Waals surface area contributed by atoms with E-state index >= 15 is 0 Å². The zero-order valence-electron chi connectivity index (χ0n) is 15.1. The van der Waals surface area contributed by atoms with E-state index in [1.165, 1.54) is 6.42 Å². The average molecular weight is 381 g/mol. The van der Waals surface area contributed by atoms with Crippen LogP contribution in [0.15, 0.2) is 34.2 Å². The molecule has 0 amide bonds. The van der Waals surface area contributed by atoms with E-state index in [-0.39, 0.29) is 11.0 Å². The van der Waals surface area contributed by atoms with Gasteiger partial charge in [0.25, 0.3) is 0 Å². The molecule has 0 spiro atoms. The zero-order chi connectivity index (χ0) is 18.4. The molecule has 3 N–H and O–H groups in total. The first-order valence-corrected chi connectivity index (χ1v) is 10.8. The van der Waals surface area contributed by atoms with E-state index in [1.807, 2.05) is 0 Å². The number of benzene rings is 1. The largest absolute Gasteiger partial charge is 0.377 e. The van der Waals surface area contributed by atoms with Crippen molar-refractivity contribution in [2.24, 2.45) is 10.7 Å². The van der Waals surface area contributed by atoms with Gasteiger partial charge in [-0.15, -0.1) is 0 Å². The number of guanidine groups is 1. The molecule has 0 aliphatic carbocycles. The molecule has 1 atom stereocenters. The summed E-state index contributed by atoms with van der Waals surface area (Å²) in [4.78, 5) is 6.80. The van der Waals surface area contributed by atoms with E-state index in [1.54, 1.807) is 24.3 Å². The summed E-state index contributed by atoms with van der Waals surface area (Å²) in [6.45, 7) is 3.40. The molecule has 1 aromatic rings. The summed E-state index contributed by atoms with van der Waals surface area (Å²) >= 11 is 0. The summed E-state index contributed by atoms with van der Waals surface area (Å²) < 4.78 is 32.8. The number of aliphatic imine (C=N–C) groups is 1. The fourth-order valence-electron chi connectivity index (χ4n) is 3.26. The summed E-state index contributed by atoms with van der Waals surface area (Å²) in [7, 11) is -3.51. The van der Waals surface area contributed by atoms with Crippen LogP contribution in [0.4, 0.5) is 0 Å². The minimum atomic E-state index is -3.51. The molecule has 2 saturated heterocycles. The van der Waals surface area contributed by atoms with Crippen LogP contribution in [0.25, 0.3) is 0 Å². The molecule has 3 rings (SSSR count). The summed E-state index contributed by atoms with van der Waals surface area (Å²) in [5, 5.41) is 0. The second kappa shape index (κ2) is 8.83. The number of hydrogen-bond acceptors (Lipinski definition) is 4. The highest BCUT2D eigenvalue weighted by atomic mass is 32.2. The normalized spacial score (nSPS) is 21.9. The van der Waals surface area contributed by atoms with Crippen molar-refractivity contribution in [2.75, 3.05) is 26.2 Å². The van der Waals surface area contributed by atoms with Crippen molar-refractivity contribution < 1.29 is 13.2 Å². The van der Waals surface area contributed by atoms with Crippen molar-refractivity contribution in [3.05, 3.63) is 29.8 Å². The maximum Gasteiger partial charge on any atom is 0.240 e.